The molecule has 0 fully saturated rings. The molecule has 35 heavy (non-hydrogen) atoms. The number of para-hydroxylation sites is 2. The molecule has 9 heteroatoms. The lowest BCUT2D eigenvalue weighted by atomic mass is 10.1. The number of sulfonamides is 1. The first-order valence-corrected chi connectivity index (χ1v) is 12.8. The van der Waals surface area contributed by atoms with Crippen molar-refractivity contribution in [2.75, 3.05) is 10.0 Å². The maximum Gasteiger partial charge on any atom is 0.261 e. The lowest BCUT2D eigenvalue weighted by Gasteiger charge is -2.11. The number of halogens is 1. The van der Waals surface area contributed by atoms with E-state index in [9.17, 15) is 17.6 Å². The molecule has 0 radical (unpaired) electrons. The van der Waals surface area contributed by atoms with Gasteiger partial charge >= 0.3 is 0 Å². The van der Waals surface area contributed by atoms with Crippen LogP contribution in [0.15, 0.2) is 102 Å². The Kier molecular flexibility index (Phi) is 6.02. The molecular weight excluding hydrogens is 485 g/mol. The fraction of sp³-hybridized carbons (Fsp3) is 0. The van der Waals surface area contributed by atoms with E-state index < -0.39 is 21.7 Å². The van der Waals surface area contributed by atoms with E-state index in [-0.39, 0.29) is 16.1 Å². The Labute approximate surface area is 205 Å². The average molecular weight is 504 g/mol. The van der Waals surface area contributed by atoms with Crippen LogP contribution in [0.1, 0.15) is 10.4 Å². The minimum Gasteiger partial charge on any atom is -0.321 e. The SMILES string of the molecule is O=C(Nc1ccccc1-c1nc2ccccc2s1)c1cccc(NS(=O)(=O)c2ccc(F)cc2)c1. The highest BCUT2D eigenvalue weighted by Crippen LogP contribution is 2.34. The standard InChI is InChI=1S/C26H18FN3O3S2/c27-18-12-14-20(15-13-18)35(32,33)30-19-7-5-6-17(16-19)25(31)28-22-9-2-1-8-21(22)26-29-23-10-3-4-11-24(23)34-26/h1-16,30H,(H,28,31). The molecule has 1 heterocycles. The van der Waals surface area contributed by atoms with Crippen LogP contribution in [0, 0.1) is 5.82 Å². The lowest BCUT2D eigenvalue weighted by molar-refractivity contribution is 0.102. The van der Waals surface area contributed by atoms with Crippen molar-refractivity contribution in [1.29, 1.82) is 0 Å². The molecule has 0 saturated carbocycles. The van der Waals surface area contributed by atoms with Gasteiger partial charge in [0.05, 0.1) is 20.8 Å². The van der Waals surface area contributed by atoms with Gasteiger partial charge in [0, 0.05) is 16.8 Å². The molecule has 1 amide bonds. The number of thiazole rings is 1. The summed E-state index contributed by atoms with van der Waals surface area (Å²) in [5, 5.41) is 3.69. The normalized spacial score (nSPS) is 11.3. The Bertz CT molecular complexity index is 1620. The van der Waals surface area contributed by atoms with Crippen molar-refractivity contribution < 1.29 is 17.6 Å². The second kappa shape index (κ2) is 9.28. The van der Waals surface area contributed by atoms with Gasteiger partial charge in [-0.2, -0.15) is 0 Å². The van der Waals surface area contributed by atoms with Gasteiger partial charge < -0.3 is 5.32 Å². The van der Waals surface area contributed by atoms with Gasteiger partial charge in [0.25, 0.3) is 15.9 Å². The number of benzene rings is 4. The van der Waals surface area contributed by atoms with Crippen LogP contribution in [0.2, 0.25) is 0 Å². The molecule has 0 bridgehead atoms. The van der Waals surface area contributed by atoms with E-state index in [1.165, 1.54) is 35.6 Å². The minimum atomic E-state index is -3.94. The zero-order chi connectivity index (χ0) is 24.4. The summed E-state index contributed by atoms with van der Waals surface area (Å²) in [4.78, 5) is 17.6. The maximum absolute atomic E-state index is 13.2. The van der Waals surface area contributed by atoms with Gasteiger partial charge in [0.1, 0.15) is 10.8 Å². The van der Waals surface area contributed by atoms with Crippen LogP contribution in [0.25, 0.3) is 20.8 Å². The van der Waals surface area contributed by atoms with Crippen molar-refractivity contribution in [3.63, 3.8) is 0 Å². The Morgan fingerprint density at radius 1 is 0.857 bits per heavy atom. The number of nitrogens with zero attached hydrogens (tertiary/aromatic N) is 1. The van der Waals surface area contributed by atoms with E-state index in [0.717, 1.165) is 32.9 Å². The summed E-state index contributed by atoms with van der Waals surface area (Å²) in [7, 11) is -3.94. The predicted molar refractivity (Wildman–Crippen MR) is 137 cm³/mol. The number of hydrogen-bond acceptors (Lipinski definition) is 5. The first-order chi connectivity index (χ1) is 16.9. The molecule has 0 aliphatic heterocycles. The summed E-state index contributed by atoms with van der Waals surface area (Å²) in [6.45, 7) is 0. The molecule has 1 aromatic heterocycles. The number of rotatable bonds is 6. The van der Waals surface area contributed by atoms with Crippen molar-refractivity contribution in [3.8, 4) is 10.6 Å². The van der Waals surface area contributed by atoms with Crippen LogP contribution in [-0.4, -0.2) is 19.3 Å². The Balaban J connectivity index is 1.39. The molecule has 174 valence electrons. The van der Waals surface area contributed by atoms with E-state index in [2.05, 4.69) is 15.0 Å². The molecule has 0 atom stereocenters. The van der Waals surface area contributed by atoms with Crippen LogP contribution in [0.4, 0.5) is 15.8 Å². The Hall–Kier alpha value is -4.08. The Morgan fingerprint density at radius 3 is 2.40 bits per heavy atom. The number of fused-ring (bicyclic) bond motifs is 1. The number of carbonyl (C=O) groups excluding carboxylic acids is 1. The van der Waals surface area contributed by atoms with Gasteiger partial charge in [-0.3, -0.25) is 9.52 Å². The van der Waals surface area contributed by atoms with E-state index in [1.807, 2.05) is 42.5 Å². The number of aromatic nitrogens is 1. The second-order valence-electron chi connectivity index (χ2n) is 7.63. The molecule has 2 N–H and O–H groups in total. The minimum absolute atomic E-state index is 0.0847. The molecular formula is C26H18FN3O3S2. The van der Waals surface area contributed by atoms with E-state index in [4.69, 9.17) is 0 Å². The van der Waals surface area contributed by atoms with Crippen LogP contribution in [0.3, 0.4) is 0 Å². The van der Waals surface area contributed by atoms with Gasteiger partial charge in [-0.05, 0) is 66.7 Å². The smallest absolute Gasteiger partial charge is 0.261 e. The van der Waals surface area contributed by atoms with Crippen molar-refractivity contribution in [3.05, 3.63) is 108 Å². The molecule has 6 nitrogen and oxygen atoms in total. The van der Waals surface area contributed by atoms with E-state index >= 15 is 0 Å². The topological polar surface area (TPSA) is 88.2 Å². The van der Waals surface area contributed by atoms with Crippen molar-refractivity contribution in [2.45, 2.75) is 4.90 Å². The Morgan fingerprint density at radius 2 is 1.60 bits per heavy atom. The molecule has 5 rings (SSSR count). The van der Waals surface area contributed by atoms with E-state index in [0.29, 0.717) is 5.69 Å². The number of amides is 1. The number of anilines is 2. The molecule has 0 spiro atoms. The first-order valence-electron chi connectivity index (χ1n) is 10.5. The fourth-order valence-corrected chi connectivity index (χ4v) is 5.57. The van der Waals surface area contributed by atoms with Crippen molar-refractivity contribution >= 4 is 48.9 Å². The highest BCUT2D eigenvalue weighted by atomic mass is 32.2. The molecule has 0 saturated heterocycles. The zero-order valence-corrected chi connectivity index (χ0v) is 19.7. The molecule has 0 aliphatic rings. The van der Waals surface area contributed by atoms with Crippen LogP contribution >= 0.6 is 11.3 Å². The van der Waals surface area contributed by atoms with Crippen molar-refractivity contribution in [1.82, 2.24) is 4.98 Å². The first kappa shape index (κ1) is 22.7. The summed E-state index contributed by atoms with van der Waals surface area (Å²) in [6.07, 6.45) is 0. The number of nitrogens with one attached hydrogen (secondary N) is 2. The van der Waals surface area contributed by atoms with Crippen LogP contribution < -0.4 is 10.0 Å². The lowest BCUT2D eigenvalue weighted by Crippen LogP contribution is -2.15. The maximum atomic E-state index is 13.2. The van der Waals surface area contributed by atoms with Gasteiger partial charge in [0.15, 0.2) is 0 Å². The van der Waals surface area contributed by atoms with Gasteiger partial charge in [-0.15, -0.1) is 11.3 Å². The third-order valence-corrected chi connectivity index (χ3v) is 7.67. The summed E-state index contributed by atoms with van der Waals surface area (Å²) >= 11 is 1.53. The second-order valence-corrected chi connectivity index (χ2v) is 10.3. The summed E-state index contributed by atoms with van der Waals surface area (Å²) in [5.41, 5.74) is 2.74. The number of hydrogen-bond donors (Lipinski definition) is 2. The van der Waals surface area contributed by atoms with Crippen LogP contribution in [0.5, 0.6) is 0 Å². The summed E-state index contributed by atoms with van der Waals surface area (Å²) in [5.74, 6) is -0.935. The third-order valence-electron chi connectivity index (χ3n) is 5.20. The number of carbonyl (C=O) groups is 1. The highest BCUT2D eigenvalue weighted by molar-refractivity contribution is 7.92. The molecule has 4 aromatic carbocycles. The fourth-order valence-electron chi connectivity index (χ4n) is 3.51. The molecule has 0 unspecified atom stereocenters. The summed E-state index contributed by atoms with van der Waals surface area (Å²) in [6, 6.07) is 25.8. The van der Waals surface area contributed by atoms with Crippen molar-refractivity contribution in [2.24, 2.45) is 0 Å². The van der Waals surface area contributed by atoms with Gasteiger partial charge in [0.2, 0.25) is 0 Å². The predicted octanol–water partition coefficient (Wildman–Crippen LogP) is 6.16. The zero-order valence-electron chi connectivity index (χ0n) is 18.1. The van der Waals surface area contributed by atoms with Gasteiger partial charge in [-0.1, -0.05) is 30.3 Å². The molecule has 5 aromatic rings. The largest absolute Gasteiger partial charge is 0.321 e. The molecule has 0 aliphatic carbocycles. The van der Waals surface area contributed by atoms with Gasteiger partial charge in [-0.25, -0.2) is 17.8 Å². The summed E-state index contributed by atoms with van der Waals surface area (Å²) < 4.78 is 41.9. The quantitative estimate of drug-likeness (QED) is 0.291. The highest BCUT2D eigenvalue weighted by Gasteiger charge is 2.17. The monoisotopic (exact) mass is 503 g/mol. The van der Waals surface area contributed by atoms with E-state index in [1.54, 1.807) is 18.2 Å². The average Bonchev–Trinajstić information content (AvgIpc) is 3.29. The van der Waals surface area contributed by atoms with Crippen LogP contribution in [-0.2, 0) is 10.0 Å². The third kappa shape index (κ3) is 4.91.